The Hall–Kier alpha value is -4.24. The van der Waals surface area contributed by atoms with Gasteiger partial charge in [-0.05, 0) is 45.3 Å². The lowest BCUT2D eigenvalue weighted by atomic mass is 9.97. The fourth-order valence-corrected chi connectivity index (χ4v) is 4.39. The Morgan fingerprint density at radius 2 is 1.31 bits per heavy atom. The van der Waals surface area contributed by atoms with Gasteiger partial charge in [-0.1, -0.05) is 91.0 Å². The lowest BCUT2D eigenvalue weighted by Crippen LogP contribution is -1.99. The Morgan fingerprint density at radius 3 is 2.06 bits per heavy atom. The standard InChI is InChI=1S/C29H21N3/c1-2-10-21(11-3-1)20-32-28-17-9-8-16-27(28)31-29(32)30-19-26-24-14-6-4-12-22(24)18-23-13-5-7-15-25(23)26/h1-19H,20H2/b30-19+. The molecule has 6 aromatic rings. The maximum Gasteiger partial charge on any atom is 0.230 e. The highest BCUT2D eigenvalue weighted by atomic mass is 15.2. The highest BCUT2D eigenvalue weighted by Crippen LogP contribution is 2.29. The summed E-state index contributed by atoms with van der Waals surface area (Å²) in [5, 5.41) is 4.82. The number of rotatable bonds is 4. The van der Waals surface area contributed by atoms with Crippen molar-refractivity contribution in [1.29, 1.82) is 0 Å². The number of hydrogen-bond acceptors (Lipinski definition) is 2. The molecule has 0 saturated heterocycles. The molecule has 0 radical (unpaired) electrons. The van der Waals surface area contributed by atoms with Crippen LogP contribution in [0.1, 0.15) is 11.1 Å². The molecule has 0 saturated carbocycles. The van der Waals surface area contributed by atoms with Gasteiger partial charge in [-0.25, -0.2) is 9.98 Å². The summed E-state index contributed by atoms with van der Waals surface area (Å²) >= 11 is 0. The number of nitrogens with zero attached hydrogens (tertiary/aromatic N) is 3. The van der Waals surface area contributed by atoms with Crippen LogP contribution >= 0.6 is 0 Å². The molecule has 1 heterocycles. The minimum absolute atomic E-state index is 0.715. The Morgan fingerprint density at radius 1 is 0.688 bits per heavy atom. The molecule has 0 N–H and O–H groups in total. The van der Waals surface area contributed by atoms with Crippen LogP contribution in [0, 0.1) is 0 Å². The quantitative estimate of drug-likeness (QED) is 0.224. The molecule has 0 aliphatic heterocycles. The molecule has 32 heavy (non-hydrogen) atoms. The van der Waals surface area contributed by atoms with Crippen molar-refractivity contribution >= 4 is 44.7 Å². The van der Waals surface area contributed by atoms with Crippen LogP contribution in [0.5, 0.6) is 0 Å². The number of para-hydroxylation sites is 2. The van der Waals surface area contributed by atoms with E-state index in [2.05, 4.69) is 95.6 Å². The first-order valence-electron chi connectivity index (χ1n) is 10.8. The Bertz CT molecular complexity index is 1540. The summed E-state index contributed by atoms with van der Waals surface area (Å²) < 4.78 is 2.19. The van der Waals surface area contributed by atoms with Crippen LogP contribution in [-0.4, -0.2) is 15.8 Å². The van der Waals surface area contributed by atoms with Gasteiger partial charge in [0.05, 0.1) is 17.6 Å². The summed E-state index contributed by atoms with van der Waals surface area (Å²) in [5.41, 5.74) is 4.39. The van der Waals surface area contributed by atoms with Crippen molar-refractivity contribution in [2.24, 2.45) is 4.99 Å². The number of fused-ring (bicyclic) bond motifs is 3. The van der Waals surface area contributed by atoms with Crippen molar-refractivity contribution < 1.29 is 0 Å². The average molecular weight is 412 g/mol. The Labute approximate surface area is 186 Å². The van der Waals surface area contributed by atoms with E-state index in [1.54, 1.807) is 0 Å². The summed E-state index contributed by atoms with van der Waals surface area (Å²) in [6.07, 6.45) is 1.98. The van der Waals surface area contributed by atoms with E-state index in [0.29, 0.717) is 5.95 Å². The molecule has 152 valence electrons. The summed E-state index contributed by atoms with van der Waals surface area (Å²) in [7, 11) is 0. The second kappa shape index (κ2) is 7.78. The Kier molecular flexibility index (Phi) is 4.51. The fourth-order valence-electron chi connectivity index (χ4n) is 4.39. The smallest absolute Gasteiger partial charge is 0.230 e. The van der Waals surface area contributed by atoms with Crippen LogP contribution in [0.25, 0.3) is 32.6 Å². The predicted octanol–water partition coefficient (Wildman–Crippen LogP) is 7.14. The third-order valence-corrected chi connectivity index (χ3v) is 5.94. The normalized spacial score (nSPS) is 11.8. The maximum absolute atomic E-state index is 4.94. The zero-order valence-corrected chi connectivity index (χ0v) is 17.5. The first-order valence-corrected chi connectivity index (χ1v) is 10.8. The number of aromatic nitrogens is 2. The largest absolute Gasteiger partial charge is 0.304 e. The van der Waals surface area contributed by atoms with Gasteiger partial charge in [-0.2, -0.15) is 0 Å². The van der Waals surface area contributed by atoms with E-state index in [1.165, 1.54) is 27.1 Å². The van der Waals surface area contributed by atoms with Crippen LogP contribution in [0.15, 0.2) is 114 Å². The van der Waals surface area contributed by atoms with Gasteiger partial charge in [0.1, 0.15) is 0 Å². The monoisotopic (exact) mass is 411 g/mol. The third-order valence-electron chi connectivity index (χ3n) is 5.94. The first-order chi connectivity index (χ1) is 15.9. The highest BCUT2D eigenvalue weighted by Gasteiger charge is 2.11. The summed E-state index contributed by atoms with van der Waals surface area (Å²) in [4.78, 5) is 9.79. The van der Waals surface area contributed by atoms with Crippen molar-refractivity contribution in [1.82, 2.24) is 9.55 Å². The van der Waals surface area contributed by atoms with Gasteiger partial charge in [0.2, 0.25) is 5.95 Å². The van der Waals surface area contributed by atoms with E-state index >= 15 is 0 Å². The van der Waals surface area contributed by atoms with E-state index < -0.39 is 0 Å². The molecule has 6 rings (SSSR count). The number of benzene rings is 5. The van der Waals surface area contributed by atoms with Crippen LogP contribution in [-0.2, 0) is 6.54 Å². The van der Waals surface area contributed by atoms with E-state index in [0.717, 1.165) is 23.1 Å². The van der Waals surface area contributed by atoms with Crippen molar-refractivity contribution in [2.75, 3.05) is 0 Å². The van der Waals surface area contributed by atoms with Crippen molar-refractivity contribution in [3.8, 4) is 0 Å². The molecule has 0 atom stereocenters. The van der Waals surface area contributed by atoms with Crippen molar-refractivity contribution in [3.05, 3.63) is 120 Å². The average Bonchev–Trinajstić information content (AvgIpc) is 3.19. The lowest BCUT2D eigenvalue weighted by Gasteiger charge is -2.09. The van der Waals surface area contributed by atoms with Crippen LogP contribution in [0.3, 0.4) is 0 Å². The second-order valence-electron chi connectivity index (χ2n) is 7.96. The third kappa shape index (κ3) is 3.25. The molecule has 5 aromatic carbocycles. The SMILES string of the molecule is C(=N\c1nc2ccccc2n1Cc1ccccc1)/c1c2ccccc2cc2ccccc12. The molecular formula is C29H21N3. The predicted molar refractivity (Wildman–Crippen MR) is 134 cm³/mol. The fraction of sp³-hybridized carbons (Fsp3) is 0.0345. The van der Waals surface area contributed by atoms with Gasteiger partial charge in [-0.15, -0.1) is 0 Å². The summed E-state index contributed by atoms with van der Waals surface area (Å²) in [6, 6.07) is 37.9. The number of imidazole rings is 1. The van der Waals surface area contributed by atoms with Gasteiger partial charge in [-0.3, -0.25) is 0 Å². The van der Waals surface area contributed by atoms with E-state index in [9.17, 15) is 0 Å². The second-order valence-corrected chi connectivity index (χ2v) is 7.96. The highest BCUT2D eigenvalue weighted by molar-refractivity contribution is 6.13. The molecule has 3 heteroatoms. The minimum atomic E-state index is 0.715. The molecule has 0 aliphatic carbocycles. The van der Waals surface area contributed by atoms with Crippen LogP contribution in [0.2, 0.25) is 0 Å². The van der Waals surface area contributed by atoms with Crippen LogP contribution in [0.4, 0.5) is 5.95 Å². The minimum Gasteiger partial charge on any atom is -0.304 e. The Balaban J connectivity index is 1.53. The molecule has 3 nitrogen and oxygen atoms in total. The van der Waals surface area contributed by atoms with Gasteiger partial charge < -0.3 is 4.57 Å². The molecule has 0 spiro atoms. The summed E-state index contributed by atoms with van der Waals surface area (Å²) in [6.45, 7) is 0.726. The van der Waals surface area contributed by atoms with Gasteiger partial charge >= 0.3 is 0 Å². The number of aliphatic imine (C=N–C) groups is 1. The topological polar surface area (TPSA) is 30.2 Å². The molecule has 0 amide bonds. The van der Waals surface area contributed by atoms with E-state index in [-0.39, 0.29) is 0 Å². The molecule has 0 aliphatic rings. The lowest BCUT2D eigenvalue weighted by molar-refractivity contribution is 0.827. The first kappa shape index (κ1) is 18.5. The number of hydrogen-bond donors (Lipinski definition) is 0. The summed E-state index contributed by atoms with van der Waals surface area (Å²) in [5.74, 6) is 0.715. The molecular weight excluding hydrogens is 390 g/mol. The zero-order chi connectivity index (χ0) is 21.3. The molecule has 1 aromatic heterocycles. The van der Waals surface area contributed by atoms with Crippen molar-refractivity contribution in [3.63, 3.8) is 0 Å². The van der Waals surface area contributed by atoms with Crippen LogP contribution < -0.4 is 0 Å². The van der Waals surface area contributed by atoms with E-state index in [4.69, 9.17) is 9.98 Å². The van der Waals surface area contributed by atoms with Gasteiger partial charge in [0.25, 0.3) is 0 Å². The van der Waals surface area contributed by atoms with Gasteiger partial charge in [0, 0.05) is 11.8 Å². The van der Waals surface area contributed by atoms with Crippen molar-refractivity contribution in [2.45, 2.75) is 6.54 Å². The molecule has 0 fully saturated rings. The zero-order valence-electron chi connectivity index (χ0n) is 17.5. The van der Waals surface area contributed by atoms with E-state index in [1.807, 2.05) is 24.4 Å². The maximum atomic E-state index is 4.94. The van der Waals surface area contributed by atoms with Gasteiger partial charge in [0.15, 0.2) is 0 Å². The molecule has 0 unspecified atom stereocenters. The molecule has 0 bridgehead atoms.